The third-order valence-electron chi connectivity index (χ3n) is 5.38. The molecular weight excluding hydrogens is 450 g/mol. The van der Waals surface area contributed by atoms with E-state index in [4.69, 9.17) is 14.6 Å². The number of rotatable bonds is 9. The average Bonchev–Trinajstić information content (AvgIpc) is 3.25. The van der Waals surface area contributed by atoms with E-state index in [9.17, 15) is 4.79 Å². The minimum absolute atomic E-state index is 0.234. The average molecular weight is 480 g/mol. The van der Waals surface area contributed by atoms with Crippen molar-refractivity contribution in [2.75, 3.05) is 30.1 Å². The summed E-state index contributed by atoms with van der Waals surface area (Å²) in [5.41, 5.74) is 2.80. The van der Waals surface area contributed by atoms with Crippen LogP contribution in [-0.2, 0) is 4.79 Å². The number of thioether (sulfide) groups is 1. The molecule has 0 saturated heterocycles. The highest BCUT2D eigenvalue weighted by Crippen LogP contribution is 2.37. The minimum Gasteiger partial charge on any atom is -0.497 e. The maximum absolute atomic E-state index is 13.7. The fourth-order valence-corrected chi connectivity index (χ4v) is 4.50. The highest BCUT2D eigenvalue weighted by atomic mass is 32.2. The second-order valence-electron chi connectivity index (χ2n) is 7.73. The van der Waals surface area contributed by atoms with Crippen LogP contribution in [0.15, 0.2) is 65.0 Å². The summed E-state index contributed by atoms with van der Waals surface area (Å²) < 4.78 is 12.8. The van der Waals surface area contributed by atoms with Gasteiger partial charge in [-0.25, -0.2) is 4.68 Å². The van der Waals surface area contributed by atoms with Gasteiger partial charge in [-0.15, -0.1) is 5.10 Å². The van der Waals surface area contributed by atoms with Gasteiger partial charge in [0.05, 0.1) is 25.0 Å². The molecule has 1 amide bonds. The first-order valence-electron chi connectivity index (χ1n) is 11.3. The first-order chi connectivity index (χ1) is 16.5. The molecule has 2 N–H and O–H groups in total. The number of carbonyl (C=O) groups is 1. The Kier molecular flexibility index (Phi) is 7.42. The van der Waals surface area contributed by atoms with E-state index in [0.717, 1.165) is 29.2 Å². The maximum atomic E-state index is 13.7. The third-order valence-corrected chi connectivity index (χ3v) is 6.42. The van der Waals surface area contributed by atoms with Gasteiger partial charge in [-0.05, 0) is 50.1 Å². The maximum Gasteiger partial charge on any atom is 0.255 e. The van der Waals surface area contributed by atoms with Crippen molar-refractivity contribution in [3.05, 3.63) is 65.4 Å². The Morgan fingerprint density at radius 2 is 1.94 bits per heavy atom. The van der Waals surface area contributed by atoms with Crippen molar-refractivity contribution >= 4 is 29.3 Å². The van der Waals surface area contributed by atoms with E-state index in [2.05, 4.69) is 22.5 Å². The summed E-state index contributed by atoms with van der Waals surface area (Å²) in [6.07, 6.45) is 1.02. The summed E-state index contributed by atoms with van der Waals surface area (Å²) in [6.45, 7) is 6.42. The summed E-state index contributed by atoms with van der Waals surface area (Å²) in [4.78, 5) is 18.3. The molecule has 1 aromatic heterocycles. The lowest BCUT2D eigenvalue weighted by Crippen LogP contribution is -2.31. The largest absolute Gasteiger partial charge is 0.497 e. The van der Waals surface area contributed by atoms with Crippen molar-refractivity contribution in [3.8, 4) is 11.5 Å². The molecule has 0 bridgehead atoms. The number of allylic oxidation sites excluding steroid dienone is 1. The van der Waals surface area contributed by atoms with Crippen LogP contribution in [0.1, 0.15) is 38.8 Å². The molecule has 3 aromatic rings. The predicted molar refractivity (Wildman–Crippen MR) is 135 cm³/mol. The van der Waals surface area contributed by atoms with Gasteiger partial charge >= 0.3 is 0 Å². The lowest BCUT2D eigenvalue weighted by Gasteiger charge is -2.29. The first kappa shape index (κ1) is 23.7. The molecule has 8 nitrogen and oxygen atoms in total. The zero-order valence-corrected chi connectivity index (χ0v) is 20.6. The number of nitrogens with zero attached hydrogens (tertiary/aromatic N) is 3. The van der Waals surface area contributed by atoms with Gasteiger partial charge in [0, 0.05) is 11.4 Å². The molecule has 34 heavy (non-hydrogen) atoms. The number of hydrogen-bond donors (Lipinski definition) is 2. The molecule has 2 heterocycles. The van der Waals surface area contributed by atoms with Crippen LogP contribution in [0.3, 0.4) is 0 Å². The first-order valence-corrected chi connectivity index (χ1v) is 12.3. The van der Waals surface area contributed by atoms with Crippen LogP contribution >= 0.6 is 11.8 Å². The van der Waals surface area contributed by atoms with Crippen molar-refractivity contribution in [2.24, 2.45) is 0 Å². The smallest absolute Gasteiger partial charge is 0.255 e. The number of methoxy groups -OCH3 is 1. The van der Waals surface area contributed by atoms with Gasteiger partial charge in [-0.3, -0.25) is 4.79 Å². The fraction of sp³-hybridized carbons (Fsp3) is 0.320. The molecule has 4 rings (SSSR count). The van der Waals surface area contributed by atoms with E-state index < -0.39 is 6.04 Å². The zero-order chi connectivity index (χ0) is 24.1. The number of nitrogens with one attached hydrogen (secondary N) is 2. The summed E-state index contributed by atoms with van der Waals surface area (Å²) >= 11 is 1.60. The molecular formula is C25H29N5O3S. The van der Waals surface area contributed by atoms with Crippen LogP contribution in [0.25, 0.3) is 0 Å². The van der Waals surface area contributed by atoms with Gasteiger partial charge in [0.25, 0.3) is 5.91 Å². The SMILES string of the molecule is CCCSc1nc2n(n1)C(c1ccc(OC)cc1)C(C(=O)Nc1ccccc1OCC)=C(C)N2. The molecule has 0 radical (unpaired) electrons. The van der Waals surface area contributed by atoms with E-state index in [1.54, 1.807) is 23.6 Å². The topological polar surface area (TPSA) is 90.3 Å². The summed E-state index contributed by atoms with van der Waals surface area (Å²) in [5, 5.41) is 11.7. The Balaban J connectivity index is 1.74. The van der Waals surface area contributed by atoms with Crippen molar-refractivity contribution in [3.63, 3.8) is 0 Å². The van der Waals surface area contributed by atoms with Crippen LogP contribution < -0.4 is 20.1 Å². The number of benzene rings is 2. The molecule has 1 aliphatic rings. The summed E-state index contributed by atoms with van der Waals surface area (Å²) in [6, 6.07) is 14.6. The van der Waals surface area contributed by atoms with Gasteiger partial charge in [-0.1, -0.05) is 43.0 Å². The minimum atomic E-state index is -0.454. The number of hydrogen-bond acceptors (Lipinski definition) is 7. The van der Waals surface area contributed by atoms with Crippen molar-refractivity contribution in [1.82, 2.24) is 14.8 Å². The van der Waals surface area contributed by atoms with Crippen molar-refractivity contribution < 1.29 is 14.3 Å². The van der Waals surface area contributed by atoms with E-state index >= 15 is 0 Å². The highest BCUT2D eigenvalue weighted by Gasteiger charge is 2.34. The molecule has 0 aliphatic carbocycles. The van der Waals surface area contributed by atoms with Crippen molar-refractivity contribution in [2.45, 2.75) is 38.4 Å². The summed E-state index contributed by atoms with van der Waals surface area (Å²) in [7, 11) is 1.63. The van der Waals surface area contributed by atoms with Gasteiger partial charge in [0.2, 0.25) is 11.1 Å². The van der Waals surface area contributed by atoms with E-state index in [-0.39, 0.29) is 5.91 Å². The molecule has 9 heteroatoms. The number of carbonyl (C=O) groups excluding carboxylic acids is 1. The van der Waals surface area contributed by atoms with Crippen molar-refractivity contribution in [1.29, 1.82) is 0 Å². The lowest BCUT2D eigenvalue weighted by atomic mass is 9.95. The van der Waals surface area contributed by atoms with Gasteiger partial charge in [0.1, 0.15) is 17.5 Å². The predicted octanol–water partition coefficient (Wildman–Crippen LogP) is 5.12. The fourth-order valence-electron chi connectivity index (χ4n) is 3.82. The molecule has 1 atom stereocenters. The molecule has 2 aromatic carbocycles. The zero-order valence-electron chi connectivity index (χ0n) is 19.8. The molecule has 0 fully saturated rings. The Morgan fingerprint density at radius 1 is 1.18 bits per heavy atom. The van der Waals surface area contributed by atoms with Crippen LogP contribution in [0.5, 0.6) is 11.5 Å². The summed E-state index contributed by atoms with van der Waals surface area (Å²) in [5.74, 6) is 2.67. The number of ether oxygens (including phenoxy) is 2. The Morgan fingerprint density at radius 3 is 2.65 bits per heavy atom. The molecule has 1 unspecified atom stereocenters. The van der Waals surface area contributed by atoms with E-state index in [0.29, 0.717) is 34.7 Å². The number of fused-ring (bicyclic) bond motifs is 1. The number of anilines is 2. The molecule has 0 saturated carbocycles. The normalized spacial score (nSPS) is 14.9. The number of amides is 1. The third kappa shape index (κ3) is 4.89. The standard InChI is InChI=1S/C25H29N5O3S/c1-5-15-34-25-28-24-26-16(3)21(23(31)27-19-9-7-8-10-20(19)33-6-2)22(30(24)29-25)17-11-13-18(32-4)14-12-17/h7-14,22H,5-6,15H2,1-4H3,(H,27,31)(H,26,28,29). The Bertz CT molecular complexity index is 1190. The van der Waals surface area contributed by atoms with Gasteiger partial charge in [-0.2, -0.15) is 4.98 Å². The second kappa shape index (κ2) is 10.6. The monoisotopic (exact) mass is 479 g/mol. The van der Waals surface area contributed by atoms with Crippen LogP contribution in [-0.4, -0.2) is 40.1 Å². The van der Waals surface area contributed by atoms with E-state index in [1.807, 2.05) is 62.4 Å². The Labute approximate surface area is 203 Å². The lowest BCUT2D eigenvalue weighted by molar-refractivity contribution is -0.113. The molecule has 178 valence electrons. The number of aromatic nitrogens is 3. The second-order valence-corrected chi connectivity index (χ2v) is 8.80. The quantitative estimate of drug-likeness (QED) is 0.412. The highest BCUT2D eigenvalue weighted by molar-refractivity contribution is 7.99. The van der Waals surface area contributed by atoms with Crippen LogP contribution in [0.4, 0.5) is 11.6 Å². The number of para-hydroxylation sites is 2. The Hall–Kier alpha value is -3.46. The van der Waals surface area contributed by atoms with E-state index in [1.165, 1.54) is 0 Å². The van der Waals surface area contributed by atoms with Crippen LogP contribution in [0.2, 0.25) is 0 Å². The molecule has 0 spiro atoms. The van der Waals surface area contributed by atoms with Gasteiger partial charge in [0.15, 0.2) is 0 Å². The van der Waals surface area contributed by atoms with Gasteiger partial charge < -0.3 is 20.1 Å². The molecule has 1 aliphatic heterocycles. The van der Waals surface area contributed by atoms with Crippen LogP contribution in [0, 0.1) is 0 Å².